The summed E-state index contributed by atoms with van der Waals surface area (Å²) in [5.74, 6) is 0.412. The molecule has 0 aliphatic carbocycles. The Kier molecular flexibility index (Phi) is 3.70. The van der Waals surface area contributed by atoms with Crippen molar-refractivity contribution in [3.05, 3.63) is 44.1 Å². The first kappa shape index (κ1) is 12.1. The van der Waals surface area contributed by atoms with E-state index in [9.17, 15) is 0 Å². The van der Waals surface area contributed by atoms with Crippen LogP contribution in [0.25, 0.3) is 11.4 Å². The Balaban J connectivity index is 2.58. The molecule has 0 unspecified atom stereocenters. The fourth-order valence-electron chi connectivity index (χ4n) is 1.18. The van der Waals surface area contributed by atoms with E-state index in [-0.39, 0.29) is 10.3 Å². The largest absolute Gasteiger partial charge is 0.216 e. The zero-order chi connectivity index (χ0) is 11.7. The third-order valence-corrected chi connectivity index (χ3v) is 3.03. The summed E-state index contributed by atoms with van der Waals surface area (Å²) < 4.78 is 0.884. The van der Waals surface area contributed by atoms with Crippen LogP contribution in [0, 0.1) is 0 Å². The number of nitrogens with zero attached hydrogens (tertiary/aromatic N) is 2. The number of halogens is 4. The molecule has 0 N–H and O–H groups in total. The molecule has 2 nitrogen and oxygen atoms in total. The Morgan fingerprint density at radius 3 is 2.12 bits per heavy atom. The van der Waals surface area contributed by atoms with Crippen molar-refractivity contribution in [2.24, 2.45) is 0 Å². The molecule has 1 heterocycles. The molecule has 6 heteroatoms. The first-order chi connectivity index (χ1) is 7.56. The predicted octanol–water partition coefficient (Wildman–Crippen LogP) is 4.87. The number of rotatable bonds is 1. The van der Waals surface area contributed by atoms with Crippen molar-refractivity contribution in [3.63, 3.8) is 0 Å². The van der Waals surface area contributed by atoms with E-state index in [1.807, 2.05) is 6.07 Å². The molecule has 16 heavy (non-hydrogen) atoms. The highest BCUT2D eigenvalue weighted by atomic mass is 79.9. The lowest BCUT2D eigenvalue weighted by Gasteiger charge is -2.04. The van der Waals surface area contributed by atoms with E-state index in [0.29, 0.717) is 16.4 Å². The SMILES string of the molecule is Clc1cc(Cl)nc(-c2ccc(Br)cc2Cl)n1. The van der Waals surface area contributed by atoms with Crippen molar-refractivity contribution in [3.8, 4) is 11.4 Å². The molecule has 1 aromatic heterocycles. The second-order valence-electron chi connectivity index (χ2n) is 2.96. The number of aromatic nitrogens is 2. The van der Waals surface area contributed by atoms with E-state index in [2.05, 4.69) is 25.9 Å². The van der Waals surface area contributed by atoms with Gasteiger partial charge >= 0.3 is 0 Å². The average Bonchev–Trinajstić information content (AvgIpc) is 2.15. The van der Waals surface area contributed by atoms with Crippen LogP contribution >= 0.6 is 50.7 Å². The lowest BCUT2D eigenvalue weighted by Crippen LogP contribution is -1.90. The molecule has 82 valence electrons. The van der Waals surface area contributed by atoms with E-state index in [1.54, 1.807) is 12.1 Å². The van der Waals surface area contributed by atoms with Gasteiger partial charge in [0.1, 0.15) is 10.3 Å². The molecule has 0 saturated carbocycles. The second-order valence-corrected chi connectivity index (χ2v) is 5.06. The molecule has 0 aliphatic heterocycles. The summed E-state index contributed by atoms with van der Waals surface area (Å²) in [6, 6.07) is 6.88. The van der Waals surface area contributed by atoms with Gasteiger partial charge in [-0.1, -0.05) is 50.7 Å². The van der Waals surface area contributed by atoms with Gasteiger partial charge in [0.25, 0.3) is 0 Å². The van der Waals surface area contributed by atoms with Crippen molar-refractivity contribution >= 4 is 50.7 Å². The average molecular weight is 338 g/mol. The van der Waals surface area contributed by atoms with Gasteiger partial charge in [0.05, 0.1) is 5.02 Å². The summed E-state index contributed by atoms with van der Waals surface area (Å²) in [5.41, 5.74) is 0.689. The van der Waals surface area contributed by atoms with Crippen molar-refractivity contribution in [1.82, 2.24) is 9.97 Å². The zero-order valence-electron chi connectivity index (χ0n) is 7.72. The van der Waals surface area contributed by atoms with Gasteiger partial charge in [-0.2, -0.15) is 0 Å². The smallest absolute Gasteiger partial charge is 0.164 e. The molecule has 0 bridgehead atoms. The van der Waals surface area contributed by atoms with Crippen molar-refractivity contribution < 1.29 is 0 Å². The van der Waals surface area contributed by atoms with E-state index in [1.165, 1.54) is 6.07 Å². The van der Waals surface area contributed by atoms with Gasteiger partial charge in [-0.05, 0) is 18.2 Å². The van der Waals surface area contributed by atoms with Gasteiger partial charge in [-0.25, -0.2) is 9.97 Å². The lowest BCUT2D eigenvalue weighted by molar-refractivity contribution is 1.18. The number of hydrogen-bond acceptors (Lipinski definition) is 2. The standard InChI is InChI=1S/C10H4BrCl3N2/c11-5-1-2-6(7(12)3-5)10-15-8(13)4-9(14)16-10/h1-4H. The highest BCUT2D eigenvalue weighted by Crippen LogP contribution is 2.29. The summed E-state index contributed by atoms with van der Waals surface area (Å²) in [5, 5.41) is 1.11. The van der Waals surface area contributed by atoms with Crippen LogP contribution in [0.15, 0.2) is 28.7 Å². The minimum atomic E-state index is 0.286. The number of hydrogen-bond donors (Lipinski definition) is 0. The maximum absolute atomic E-state index is 6.07. The van der Waals surface area contributed by atoms with E-state index >= 15 is 0 Å². The minimum Gasteiger partial charge on any atom is -0.216 e. The Morgan fingerprint density at radius 1 is 0.938 bits per heavy atom. The van der Waals surface area contributed by atoms with Gasteiger partial charge in [0.15, 0.2) is 5.82 Å². The molecule has 0 aliphatic rings. The molecular weight excluding hydrogens is 334 g/mol. The van der Waals surface area contributed by atoms with E-state index < -0.39 is 0 Å². The maximum atomic E-state index is 6.07. The molecule has 0 saturated heterocycles. The highest BCUT2D eigenvalue weighted by Gasteiger charge is 2.09. The Bertz CT molecular complexity index is 525. The van der Waals surface area contributed by atoms with Gasteiger partial charge < -0.3 is 0 Å². The van der Waals surface area contributed by atoms with Gasteiger partial charge in [-0.3, -0.25) is 0 Å². The number of benzene rings is 1. The lowest BCUT2D eigenvalue weighted by atomic mass is 10.2. The van der Waals surface area contributed by atoms with Crippen LogP contribution in [-0.2, 0) is 0 Å². The summed E-state index contributed by atoms with van der Waals surface area (Å²) in [4.78, 5) is 8.13. The summed E-state index contributed by atoms with van der Waals surface area (Å²) in [6.45, 7) is 0. The van der Waals surface area contributed by atoms with Crippen molar-refractivity contribution in [1.29, 1.82) is 0 Å². The van der Waals surface area contributed by atoms with Crippen LogP contribution in [0.5, 0.6) is 0 Å². The predicted molar refractivity (Wildman–Crippen MR) is 70.2 cm³/mol. The minimum absolute atomic E-state index is 0.286. The molecular formula is C10H4BrCl3N2. The maximum Gasteiger partial charge on any atom is 0.164 e. The summed E-state index contributed by atoms with van der Waals surface area (Å²) in [7, 11) is 0. The molecule has 0 spiro atoms. The monoisotopic (exact) mass is 336 g/mol. The van der Waals surface area contributed by atoms with Crippen LogP contribution in [-0.4, -0.2) is 9.97 Å². The second kappa shape index (κ2) is 4.88. The van der Waals surface area contributed by atoms with Crippen molar-refractivity contribution in [2.75, 3.05) is 0 Å². The molecule has 2 rings (SSSR count). The summed E-state index contributed by atoms with van der Waals surface area (Å²) >= 11 is 21.0. The van der Waals surface area contributed by atoms with Crippen LogP contribution in [0.2, 0.25) is 15.3 Å². The van der Waals surface area contributed by atoms with E-state index in [4.69, 9.17) is 34.8 Å². The Labute approximate surface area is 116 Å². The van der Waals surface area contributed by atoms with Crippen LogP contribution < -0.4 is 0 Å². The topological polar surface area (TPSA) is 25.8 Å². The normalized spacial score (nSPS) is 10.5. The molecule has 2 aromatic rings. The third-order valence-electron chi connectivity index (χ3n) is 1.84. The van der Waals surface area contributed by atoms with Crippen LogP contribution in [0.3, 0.4) is 0 Å². The molecule has 0 amide bonds. The molecule has 1 aromatic carbocycles. The Hall–Kier alpha value is -0.350. The van der Waals surface area contributed by atoms with Gasteiger partial charge in [0, 0.05) is 16.1 Å². The molecule has 0 atom stereocenters. The Morgan fingerprint density at radius 2 is 1.56 bits per heavy atom. The zero-order valence-corrected chi connectivity index (χ0v) is 11.6. The van der Waals surface area contributed by atoms with E-state index in [0.717, 1.165) is 4.47 Å². The van der Waals surface area contributed by atoms with Crippen LogP contribution in [0.4, 0.5) is 0 Å². The quantitative estimate of drug-likeness (QED) is 0.694. The van der Waals surface area contributed by atoms with Gasteiger partial charge in [0.2, 0.25) is 0 Å². The van der Waals surface area contributed by atoms with Crippen LogP contribution in [0.1, 0.15) is 0 Å². The van der Waals surface area contributed by atoms with Gasteiger partial charge in [-0.15, -0.1) is 0 Å². The first-order valence-corrected chi connectivity index (χ1v) is 6.14. The first-order valence-electron chi connectivity index (χ1n) is 4.22. The fourth-order valence-corrected chi connectivity index (χ4v) is 2.36. The van der Waals surface area contributed by atoms with Crippen molar-refractivity contribution in [2.45, 2.75) is 0 Å². The molecule has 0 fully saturated rings. The summed E-state index contributed by atoms with van der Waals surface area (Å²) in [6.07, 6.45) is 0. The third kappa shape index (κ3) is 2.66. The highest BCUT2D eigenvalue weighted by molar-refractivity contribution is 9.10. The fraction of sp³-hybridized carbons (Fsp3) is 0. The molecule has 0 radical (unpaired) electrons.